The quantitative estimate of drug-likeness (QED) is 0.767. The molecule has 0 aromatic heterocycles. The van der Waals surface area contributed by atoms with Crippen LogP contribution in [0.3, 0.4) is 0 Å². The minimum Gasteiger partial charge on any atom is -0.477 e. The highest BCUT2D eigenvalue weighted by molar-refractivity contribution is 5.14. The van der Waals surface area contributed by atoms with Crippen molar-refractivity contribution in [3.05, 3.63) is 48.4 Å². The van der Waals surface area contributed by atoms with Gasteiger partial charge in [-0.2, -0.15) is 0 Å². The van der Waals surface area contributed by atoms with Gasteiger partial charge in [-0.05, 0) is 32.9 Å². The van der Waals surface area contributed by atoms with Gasteiger partial charge < -0.3 is 9.64 Å². The molecule has 1 atom stereocenters. The molecule has 2 rings (SSSR count). The largest absolute Gasteiger partial charge is 0.477 e. The van der Waals surface area contributed by atoms with Crippen molar-refractivity contribution in [2.45, 2.75) is 39.5 Å². The van der Waals surface area contributed by atoms with Gasteiger partial charge in [-0.25, -0.2) is 0 Å². The summed E-state index contributed by atoms with van der Waals surface area (Å²) in [5.41, 5.74) is 1.38. The van der Waals surface area contributed by atoms with Crippen LogP contribution < -0.4 is 0 Å². The molecule has 110 valence electrons. The Morgan fingerprint density at radius 3 is 2.60 bits per heavy atom. The molecule has 1 unspecified atom stereocenters. The van der Waals surface area contributed by atoms with Gasteiger partial charge in [0.1, 0.15) is 0 Å². The predicted octanol–water partition coefficient (Wildman–Crippen LogP) is 3.09. The maximum atomic E-state index is 5.73. The highest BCUT2D eigenvalue weighted by Gasteiger charge is 2.25. The molecule has 1 aliphatic rings. The summed E-state index contributed by atoms with van der Waals surface area (Å²) >= 11 is 0. The van der Waals surface area contributed by atoms with Crippen molar-refractivity contribution in [2.24, 2.45) is 0 Å². The molecule has 0 radical (unpaired) electrons. The van der Waals surface area contributed by atoms with Gasteiger partial charge in [-0.1, -0.05) is 30.3 Å². The first-order chi connectivity index (χ1) is 9.56. The molecule has 0 amide bonds. The van der Waals surface area contributed by atoms with Crippen LogP contribution >= 0.6 is 0 Å². The molecule has 0 bridgehead atoms. The molecule has 1 saturated heterocycles. The Balaban J connectivity index is 1.87. The summed E-state index contributed by atoms with van der Waals surface area (Å²) in [5, 5.41) is 0. The lowest BCUT2D eigenvalue weighted by Gasteiger charge is -2.41. The summed E-state index contributed by atoms with van der Waals surface area (Å²) < 4.78 is 5.73. The van der Waals surface area contributed by atoms with Crippen molar-refractivity contribution < 1.29 is 4.74 Å². The number of nitrogens with zero attached hydrogens (tertiary/aromatic N) is 2. The first-order valence-electron chi connectivity index (χ1n) is 7.44. The van der Waals surface area contributed by atoms with Crippen LogP contribution in [0.2, 0.25) is 0 Å². The zero-order valence-corrected chi connectivity index (χ0v) is 12.9. The summed E-state index contributed by atoms with van der Waals surface area (Å²) in [7, 11) is 0. The average molecular weight is 274 g/mol. The number of ether oxygens (including phenoxy) is 1. The van der Waals surface area contributed by atoms with Gasteiger partial charge in [0.05, 0.1) is 6.10 Å². The van der Waals surface area contributed by atoms with E-state index in [1.54, 1.807) is 0 Å². The normalized spacial score (nSPS) is 20.2. The van der Waals surface area contributed by atoms with Gasteiger partial charge in [0.15, 0.2) is 5.88 Å². The van der Waals surface area contributed by atoms with Gasteiger partial charge in [-0.15, -0.1) is 0 Å². The second-order valence-electron chi connectivity index (χ2n) is 5.82. The van der Waals surface area contributed by atoms with Gasteiger partial charge >= 0.3 is 0 Å². The van der Waals surface area contributed by atoms with E-state index in [1.807, 2.05) is 13.8 Å². The molecule has 20 heavy (non-hydrogen) atoms. The standard InChI is InChI=1S/C17H26N2O/c1-14(2)20-16(4)19-11-10-18(12-15(19)3)13-17-8-6-5-7-9-17/h5-9,14-15H,4,10-13H2,1-3H3. The molecule has 1 aliphatic heterocycles. The molecule has 0 spiro atoms. The summed E-state index contributed by atoms with van der Waals surface area (Å²) in [4.78, 5) is 4.78. The van der Waals surface area contributed by atoms with Crippen LogP contribution in [0.15, 0.2) is 42.8 Å². The van der Waals surface area contributed by atoms with Gasteiger partial charge in [0.2, 0.25) is 0 Å². The average Bonchev–Trinajstić information content (AvgIpc) is 2.39. The number of benzene rings is 1. The number of hydrogen-bond acceptors (Lipinski definition) is 3. The summed E-state index contributed by atoms with van der Waals surface area (Å²) in [5.74, 6) is 0.812. The highest BCUT2D eigenvalue weighted by atomic mass is 16.5. The SMILES string of the molecule is C=C(OC(C)C)N1CCN(Cc2ccccc2)CC1C. The Hall–Kier alpha value is -1.48. The van der Waals surface area contributed by atoms with Gasteiger partial charge in [0, 0.05) is 32.2 Å². The molecule has 0 saturated carbocycles. The Labute approximate surface area is 122 Å². The second-order valence-corrected chi connectivity index (χ2v) is 5.82. The lowest BCUT2D eigenvalue weighted by atomic mass is 10.1. The highest BCUT2D eigenvalue weighted by Crippen LogP contribution is 2.18. The maximum Gasteiger partial charge on any atom is 0.182 e. The molecule has 0 aliphatic carbocycles. The Morgan fingerprint density at radius 2 is 2.00 bits per heavy atom. The van der Waals surface area contributed by atoms with E-state index in [0.717, 1.165) is 32.1 Å². The van der Waals surface area contributed by atoms with Crippen LogP contribution in [0.1, 0.15) is 26.3 Å². The van der Waals surface area contributed by atoms with Crippen LogP contribution in [-0.4, -0.2) is 41.6 Å². The van der Waals surface area contributed by atoms with Crippen LogP contribution in [0.25, 0.3) is 0 Å². The van der Waals surface area contributed by atoms with E-state index in [4.69, 9.17) is 4.74 Å². The van der Waals surface area contributed by atoms with Crippen molar-refractivity contribution in [3.8, 4) is 0 Å². The van der Waals surface area contributed by atoms with Crippen LogP contribution in [-0.2, 0) is 11.3 Å². The van der Waals surface area contributed by atoms with Crippen molar-refractivity contribution in [3.63, 3.8) is 0 Å². The zero-order chi connectivity index (χ0) is 14.5. The minimum atomic E-state index is 0.192. The molecule has 0 N–H and O–H groups in total. The molecule has 3 nitrogen and oxygen atoms in total. The number of rotatable bonds is 5. The lowest BCUT2D eigenvalue weighted by Crippen LogP contribution is -2.51. The third-order valence-electron chi connectivity index (χ3n) is 3.65. The van der Waals surface area contributed by atoms with E-state index in [1.165, 1.54) is 5.56 Å². The van der Waals surface area contributed by atoms with Crippen molar-refractivity contribution >= 4 is 0 Å². The third kappa shape index (κ3) is 4.01. The summed E-state index contributed by atoms with van der Waals surface area (Å²) in [6.45, 7) is 14.5. The van der Waals surface area contributed by atoms with Crippen LogP contribution in [0, 0.1) is 0 Å². The molecular formula is C17H26N2O. The smallest absolute Gasteiger partial charge is 0.182 e. The molecule has 1 aromatic carbocycles. The Morgan fingerprint density at radius 1 is 1.30 bits per heavy atom. The molecule has 1 heterocycles. The zero-order valence-electron chi connectivity index (χ0n) is 12.9. The fourth-order valence-electron chi connectivity index (χ4n) is 2.73. The minimum absolute atomic E-state index is 0.192. The van der Waals surface area contributed by atoms with Crippen molar-refractivity contribution in [1.29, 1.82) is 0 Å². The maximum absolute atomic E-state index is 5.73. The van der Waals surface area contributed by atoms with Gasteiger partial charge in [-0.3, -0.25) is 4.90 Å². The Kier molecular flexibility index (Phi) is 5.07. The second kappa shape index (κ2) is 6.80. The fraction of sp³-hybridized carbons (Fsp3) is 0.529. The van der Waals surface area contributed by atoms with Crippen molar-refractivity contribution in [2.75, 3.05) is 19.6 Å². The summed E-state index contributed by atoms with van der Waals surface area (Å²) in [6.07, 6.45) is 0.192. The van der Waals surface area contributed by atoms with E-state index in [0.29, 0.717) is 6.04 Å². The van der Waals surface area contributed by atoms with Crippen LogP contribution in [0.4, 0.5) is 0 Å². The topological polar surface area (TPSA) is 15.7 Å². The van der Waals surface area contributed by atoms with Crippen molar-refractivity contribution in [1.82, 2.24) is 9.80 Å². The predicted molar refractivity (Wildman–Crippen MR) is 83.2 cm³/mol. The monoisotopic (exact) mass is 274 g/mol. The molecule has 1 aromatic rings. The molecule has 1 fully saturated rings. The fourth-order valence-corrected chi connectivity index (χ4v) is 2.73. The van der Waals surface area contributed by atoms with E-state index >= 15 is 0 Å². The molecule has 3 heteroatoms. The summed E-state index contributed by atoms with van der Waals surface area (Å²) in [6, 6.07) is 11.1. The van der Waals surface area contributed by atoms with E-state index in [-0.39, 0.29) is 6.10 Å². The van der Waals surface area contributed by atoms with Crippen LogP contribution in [0.5, 0.6) is 0 Å². The molecular weight excluding hydrogens is 248 g/mol. The lowest BCUT2D eigenvalue weighted by molar-refractivity contribution is 0.0169. The van der Waals surface area contributed by atoms with E-state index < -0.39 is 0 Å². The number of piperazine rings is 1. The van der Waals surface area contributed by atoms with E-state index in [9.17, 15) is 0 Å². The van der Waals surface area contributed by atoms with E-state index in [2.05, 4.69) is 53.6 Å². The first kappa shape index (κ1) is 14.9. The first-order valence-corrected chi connectivity index (χ1v) is 7.44. The number of hydrogen-bond donors (Lipinski definition) is 0. The third-order valence-corrected chi connectivity index (χ3v) is 3.65. The Bertz CT molecular complexity index is 430. The van der Waals surface area contributed by atoms with Gasteiger partial charge in [0.25, 0.3) is 0 Å².